The molecular formula is C41H38N8O8. The number of fused-ring (bicyclic) bond motifs is 2. The number of unbranched alkanes of at least 4 members (excludes halogenated alkanes) is 1. The number of piperidine rings is 1. The number of aromatic nitrogens is 1. The van der Waals surface area contributed by atoms with Crippen molar-refractivity contribution >= 4 is 52.6 Å². The van der Waals surface area contributed by atoms with Gasteiger partial charge in [0.25, 0.3) is 23.6 Å². The Morgan fingerprint density at radius 3 is 2.53 bits per heavy atom. The SMILES string of the molecule is NC(=O)C1=CN=c2ccc(=C3C=CC(C(=O)NCCCCNC(=O)COc4cccc5c4C(=O)N(C4CCC(=O)NC4=O)C5=O)=CC3)cc2C1Nc1cccnc1. The highest BCUT2D eigenvalue weighted by Crippen LogP contribution is 2.33. The molecule has 1 aliphatic carbocycles. The summed E-state index contributed by atoms with van der Waals surface area (Å²) < 4.78 is 5.62. The van der Waals surface area contributed by atoms with Crippen molar-refractivity contribution in [1.82, 2.24) is 25.8 Å². The number of pyridine rings is 1. The summed E-state index contributed by atoms with van der Waals surface area (Å²) in [4.78, 5) is 97.3. The van der Waals surface area contributed by atoms with Crippen LogP contribution in [0.4, 0.5) is 5.69 Å². The van der Waals surface area contributed by atoms with E-state index in [9.17, 15) is 33.6 Å². The van der Waals surface area contributed by atoms with Crippen LogP contribution in [0.1, 0.15) is 64.4 Å². The van der Waals surface area contributed by atoms with E-state index in [1.54, 1.807) is 24.5 Å². The number of nitrogens with zero attached hydrogens (tertiary/aromatic N) is 3. The number of allylic oxidation sites excluding steroid dienone is 2. The Kier molecular flexibility index (Phi) is 11.1. The number of hydrogen-bond donors (Lipinski definition) is 5. The molecule has 290 valence electrons. The first-order chi connectivity index (χ1) is 27.6. The summed E-state index contributed by atoms with van der Waals surface area (Å²) >= 11 is 0. The molecule has 6 N–H and O–H groups in total. The number of benzene rings is 2. The van der Waals surface area contributed by atoms with Gasteiger partial charge in [-0.1, -0.05) is 24.3 Å². The number of primary amides is 1. The van der Waals surface area contributed by atoms with E-state index in [1.807, 2.05) is 36.4 Å². The molecule has 0 bridgehead atoms. The molecule has 0 radical (unpaired) electrons. The van der Waals surface area contributed by atoms with Crippen molar-refractivity contribution in [3.8, 4) is 5.75 Å². The fourth-order valence-electron chi connectivity index (χ4n) is 6.97. The van der Waals surface area contributed by atoms with Crippen LogP contribution < -0.4 is 42.3 Å². The maximum absolute atomic E-state index is 13.2. The molecule has 3 aliphatic heterocycles. The molecule has 57 heavy (non-hydrogen) atoms. The van der Waals surface area contributed by atoms with Crippen molar-refractivity contribution in [2.45, 2.75) is 44.2 Å². The number of carbonyl (C=O) groups excluding carboxylic acids is 7. The van der Waals surface area contributed by atoms with Crippen LogP contribution in [0.3, 0.4) is 0 Å². The highest BCUT2D eigenvalue weighted by Gasteiger charge is 2.46. The molecule has 7 amide bonds. The summed E-state index contributed by atoms with van der Waals surface area (Å²) in [6.45, 7) is 0.288. The van der Waals surface area contributed by atoms with E-state index in [0.29, 0.717) is 48.9 Å². The fraction of sp³-hybridized carbons (Fsp3) is 0.244. The van der Waals surface area contributed by atoms with Crippen LogP contribution in [0, 0.1) is 0 Å². The van der Waals surface area contributed by atoms with Gasteiger partial charge in [-0.15, -0.1) is 0 Å². The predicted octanol–water partition coefficient (Wildman–Crippen LogP) is 0.767. The summed E-state index contributed by atoms with van der Waals surface area (Å²) in [5.41, 5.74) is 9.07. The first-order valence-electron chi connectivity index (χ1n) is 18.4. The van der Waals surface area contributed by atoms with Crippen molar-refractivity contribution in [2.75, 3.05) is 25.0 Å². The lowest BCUT2D eigenvalue weighted by Crippen LogP contribution is -2.54. The molecule has 2 aromatic carbocycles. The predicted molar refractivity (Wildman–Crippen MR) is 204 cm³/mol. The lowest BCUT2D eigenvalue weighted by atomic mass is 9.93. The van der Waals surface area contributed by atoms with Gasteiger partial charge in [-0.3, -0.25) is 53.8 Å². The molecule has 2 unspecified atom stereocenters. The number of carbonyl (C=O) groups is 7. The first kappa shape index (κ1) is 38.1. The van der Waals surface area contributed by atoms with Crippen molar-refractivity contribution in [1.29, 1.82) is 0 Å². The number of imide groups is 2. The third-order valence-electron chi connectivity index (χ3n) is 9.89. The Bertz CT molecular complexity index is 2420. The molecule has 1 aromatic heterocycles. The van der Waals surface area contributed by atoms with Crippen LogP contribution in [-0.2, 0) is 24.0 Å². The maximum Gasteiger partial charge on any atom is 0.266 e. The molecule has 7 rings (SSSR count). The van der Waals surface area contributed by atoms with E-state index in [2.05, 4.69) is 31.2 Å². The summed E-state index contributed by atoms with van der Waals surface area (Å²) in [5, 5.41) is 12.8. The van der Waals surface area contributed by atoms with Gasteiger partial charge in [0, 0.05) is 49.2 Å². The van der Waals surface area contributed by atoms with Crippen molar-refractivity contribution in [3.63, 3.8) is 0 Å². The van der Waals surface area contributed by atoms with E-state index in [1.165, 1.54) is 24.4 Å². The zero-order valence-corrected chi connectivity index (χ0v) is 30.6. The lowest BCUT2D eigenvalue weighted by Gasteiger charge is -2.27. The quantitative estimate of drug-likeness (QED) is 0.121. The molecule has 4 aliphatic rings. The Balaban J connectivity index is 0.860. The normalized spacial score (nSPS) is 19.3. The Morgan fingerprint density at radius 1 is 0.965 bits per heavy atom. The van der Waals surface area contributed by atoms with Crippen LogP contribution in [-0.4, -0.2) is 77.0 Å². The van der Waals surface area contributed by atoms with Gasteiger partial charge in [0.2, 0.25) is 17.7 Å². The second kappa shape index (κ2) is 16.6. The van der Waals surface area contributed by atoms with E-state index < -0.39 is 54.1 Å². The van der Waals surface area contributed by atoms with Crippen LogP contribution in [0.5, 0.6) is 5.75 Å². The second-order valence-electron chi connectivity index (χ2n) is 13.6. The van der Waals surface area contributed by atoms with Crippen molar-refractivity contribution in [3.05, 3.63) is 124 Å². The Morgan fingerprint density at radius 2 is 1.79 bits per heavy atom. The van der Waals surface area contributed by atoms with Gasteiger partial charge >= 0.3 is 0 Å². The number of amides is 7. The van der Waals surface area contributed by atoms with Gasteiger partial charge in [0.1, 0.15) is 11.8 Å². The third kappa shape index (κ3) is 8.24. The summed E-state index contributed by atoms with van der Waals surface area (Å²) in [6.07, 6.45) is 12.0. The molecule has 0 saturated carbocycles. The molecular weight excluding hydrogens is 732 g/mol. The summed E-state index contributed by atoms with van der Waals surface area (Å²) in [6, 6.07) is 12.2. The highest BCUT2D eigenvalue weighted by atomic mass is 16.5. The number of nitrogens with one attached hydrogen (secondary N) is 4. The standard InChI is InChI=1S/C41H38N8O8/c42-37(52)29-21-46-30-13-12-25(19-28(30)36(29)47-26-5-4-16-43-20-26)23-8-10-24(11-9-23)38(53)45-18-2-1-17-44-34(51)22-57-32-7-3-6-27-35(32)41(56)49(40(27)55)31-14-15-33(50)48-39(31)54/h3-8,10-13,16,19-21,31,36,47H,1-2,9,14-15,17-18,22H2,(H2,42,52)(H,44,51)(H,45,53)(H,48,50,54). The van der Waals surface area contributed by atoms with Gasteiger partial charge in [-0.05, 0) is 78.9 Å². The molecule has 16 heteroatoms. The van der Waals surface area contributed by atoms with E-state index in [4.69, 9.17) is 10.5 Å². The molecule has 16 nitrogen and oxygen atoms in total. The fourth-order valence-corrected chi connectivity index (χ4v) is 6.97. The zero-order chi connectivity index (χ0) is 40.1. The van der Waals surface area contributed by atoms with Crippen molar-refractivity contribution in [2.24, 2.45) is 10.7 Å². The van der Waals surface area contributed by atoms with Gasteiger partial charge < -0.3 is 26.4 Å². The van der Waals surface area contributed by atoms with Crippen LogP contribution in [0.2, 0.25) is 0 Å². The molecule has 0 spiro atoms. The van der Waals surface area contributed by atoms with E-state index >= 15 is 0 Å². The molecule has 1 fully saturated rings. The molecule has 1 saturated heterocycles. The van der Waals surface area contributed by atoms with Crippen molar-refractivity contribution < 1.29 is 38.3 Å². The molecule has 4 heterocycles. The average molecular weight is 771 g/mol. The monoisotopic (exact) mass is 770 g/mol. The number of nitrogens with two attached hydrogens (primary N) is 1. The topological polar surface area (TPSA) is 231 Å². The number of ether oxygens (including phenoxy) is 1. The molecule has 3 aromatic rings. The zero-order valence-electron chi connectivity index (χ0n) is 30.6. The Labute approximate surface area is 325 Å². The minimum Gasteiger partial charge on any atom is -0.483 e. The Hall–Kier alpha value is -7.23. The number of rotatable bonds is 13. The van der Waals surface area contributed by atoms with Crippen LogP contribution >= 0.6 is 0 Å². The third-order valence-corrected chi connectivity index (χ3v) is 9.89. The maximum atomic E-state index is 13.2. The average Bonchev–Trinajstić information content (AvgIpc) is 3.47. The van der Waals surface area contributed by atoms with Gasteiger partial charge in [0.15, 0.2) is 6.61 Å². The van der Waals surface area contributed by atoms with E-state index in [0.717, 1.165) is 26.9 Å². The number of hydrogen-bond acceptors (Lipinski definition) is 11. The van der Waals surface area contributed by atoms with Gasteiger partial charge in [-0.2, -0.15) is 0 Å². The first-order valence-corrected chi connectivity index (χ1v) is 18.4. The largest absolute Gasteiger partial charge is 0.483 e. The highest BCUT2D eigenvalue weighted by molar-refractivity contribution is 6.24. The minimum absolute atomic E-state index is 0.000315. The van der Waals surface area contributed by atoms with Crippen LogP contribution in [0.15, 0.2) is 101 Å². The van der Waals surface area contributed by atoms with Gasteiger partial charge in [0.05, 0.1) is 33.8 Å². The number of anilines is 1. The summed E-state index contributed by atoms with van der Waals surface area (Å²) in [7, 11) is 0. The second-order valence-corrected chi connectivity index (χ2v) is 13.6. The summed E-state index contributed by atoms with van der Waals surface area (Å²) in [5.74, 6) is -3.79. The van der Waals surface area contributed by atoms with Gasteiger partial charge in [-0.25, -0.2) is 0 Å². The lowest BCUT2D eigenvalue weighted by molar-refractivity contribution is -0.136. The van der Waals surface area contributed by atoms with E-state index in [-0.39, 0.29) is 35.6 Å². The smallest absolute Gasteiger partial charge is 0.266 e. The minimum atomic E-state index is -1.11. The van der Waals surface area contributed by atoms with Crippen LogP contribution in [0.25, 0.3) is 5.57 Å². The molecule has 2 atom stereocenters.